The smallest absolute Gasteiger partial charge is 0.778 e. The van der Waals surface area contributed by atoms with Crippen molar-refractivity contribution in [3.63, 3.8) is 0 Å². The molecule has 0 aliphatic carbocycles. The van der Waals surface area contributed by atoms with Crippen LogP contribution in [-0.2, 0) is 9.13 Å². The van der Waals surface area contributed by atoms with E-state index in [0.29, 0.717) is 4.70 Å². The molecule has 11 nitrogen and oxygen atoms in total. The van der Waals surface area contributed by atoms with E-state index in [9.17, 15) is 38.6 Å². The third-order valence-electron chi connectivity index (χ3n) is 3.65. The number of rotatable bonds is 6. The van der Waals surface area contributed by atoms with Gasteiger partial charge in [-0.05, 0) is 24.3 Å². The number of phenolic OH excluding ortho intramolecular Hbond substituents is 1. The number of phenols is 1. The first-order valence-electron chi connectivity index (χ1n) is 7.20. The summed E-state index contributed by atoms with van der Waals surface area (Å²) in [4.78, 5) is 53.8. The number of nitrogens with zero attached hydrogens (tertiary/aromatic N) is 1. The molecule has 146 valence electrons. The number of aromatic hydroxyl groups is 1. The molecule has 29 heavy (non-hydrogen) atoms. The Balaban J connectivity index is 0.00000210. The molecule has 4 N–H and O–H groups in total. The maximum Gasteiger partial charge on any atom is 1.00 e. The van der Waals surface area contributed by atoms with Crippen LogP contribution in [0.2, 0.25) is 0 Å². The first-order chi connectivity index (χ1) is 12.5. The van der Waals surface area contributed by atoms with Gasteiger partial charge in [0.1, 0.15) is 38.1 Å². The van der Waals surface area contributed by atoms with E-state index in [1.54, 1.807) is 0 Å². The summed E-state index contributed by atoms with van der Waals surface area (Å²) < 4.78 is 29.6. The van der Waals surface area contributed by atoms with E-state index in [-0.39, 0.29) is 76.1 Å². The molecular weight excluding hydrogens is 468 g/mol. The van der Waals surface area contributed by atoms with E-state index >= 15 is 0 Å². The molecule has 0 fully saturated rings. The second-order valence-electron chi connectivity index (χ2n) is 5.52. The van der Waals surface area contributed by atoms with Gasteiger partial charge in [0.05, 0.1) is 16.5 Å². The molecule has 0 saturated heterocycles. The fourth-order valence-electron chi connectivity index (χ4n) is 2.57. The third kappa shape index (κ3) is 6.08. The van der Waals surface area contributed by atoms with Crippen molar-refractivity contribution in [3.05, 3.63) is 52.0 Å². The van der Waals surface area contributed by atoms with E-state index < -0.39 is 31.5 Å². The maximum absolute atomic E-state index is 12.3. The van der Waals surface area contributed by atoms with Crippen molar-refractivity contribution in [2.24, 2.45) is 0 Å². The molecule has 0 saturated carbocycles. The molecule has 0 spiro atoms. The van der Waals surface area contributed by atoms with Crippen LogP contribution in [0, 0.1) is 0 Å². The van der Waals surface area contributed by atoms with Gasteiger partial charge in [-0.25, -0.2) is 4.68 Å². The van der Waals surface area contributed by atoms with Crippen LogP contribution in [0.25, 0.3) is 10.2 Å². The number of benzene rings is 1. The van der Waals surface area contributed by atoms with Gasteiger partial charge < -0.3 is 43.7 Å². The van der Waals surface area contributed by atoms with Crippen LogP contribution < -0.4 is 79.2 Å². The van der Waals surface area contributed by atoms with Crippen molar-refractivity contribution in [2.75, 3.05) is 5.43 Å². The van der Waals surface area contributed by atoms with Crippen molar-refractivity contribution in [2.45, 2.75) is 11.4 Å². The van der Waals surface area contributed by atoms with Crippen molar-refractivity contribution >= 4 is 36.7 Å². The summed E-state index contributed by atoms with van der Waals surface area (Å²) in [7, 11) is -11.3. The Morgan fingerprint density at radius 2 is 1.76 bits per heavy atom. The molecule has 3 rings (SSSR count). The average molecular weight is 480 g/mol. The van der Waals surface area contributed by atoms with Crippen LogP contribution in [0.1, 0.15) is 11.8 Å². The fourth-order valence-corrected chi connectivity index (χ4v) is 6.05. The first kappa shape index (κ1) is 27.1. The number of hydrogen-bond acceptors (Lipinski definition) is 9. The normalized spacial score (nSPS) is 17.2. The number of furan rings is 1. The van der Waals surface area contributed by atoms with Gasteiger partial charge >= 0.3 is 64.0 Å². The molecule has 0 amide bonds. The zero-order chi connectivity index (χ0) is 20.0. The Morgan fingerprint density at radius 3 is 2.28 bits per heavy atom. The van der Waals surface area contributed by atoms with Gasteiger partial charge in [0.15, 0.2) is 0 Å². The molecule has 2 heterocycles. The van der Waals surface area contributed by atoms with E-state index in [1.165, 1.54) is 30.3 Å². The van der Waals surface area contributed by atoms with Gasteiger partial charge in [-0.15, -0.1) is 0 Å². The van der Waals surface area contributed by atoms with Crippen molar-refractivity contribution in [1.82, 2.24) is 4.68 Å². The van der Waals surface area contributed by atoms with Gasteiger partial charge in [-0.1, -0.05) is 11.3 Å². The summed E-state index contributed by atoms with van der Waals surface area (Å²) in [6.07, 6.45) is 1.11. The first-order valence-corrected chi connectivity index (χ1v) is 11.3. The van der Waals surface area contributed by atoms with E-state index in [4.69, 9.17) is 4.42 Å². The minimum Gasteiger partial charge on any atom is -0.778 e. The quantitative estimate of drug-likeness (QED) is 0.195. The van der Waals surface area contributed by atoms with Gasteiger partial charge in [0.2, 0.25) is 0 Å². The van der Waals surface area contributed by atoms with Crippen molar-refractivity contribution in [3.8, 4) is 5.75 Å². The number of hydrogen-bond donors (Lipinski definition) is 4. The summed E-state index contributed by atoms with van der Waals surface area (Å²) >= 11 is 0.737. The summed E-state index contributed by atoms with van der Waals surface area (Å²) in [6.45, 7) is 0. The Hall–Kier alpha value is 0.0900. The Kier molecular flexibility index (Phi) is 9.48. The molecule has 0 aliphatic heterocycles. The average Bonchev–Trinajstić information content (AvgIpc) is 3.13. The van der Waals surface area contributed by atoms with Crippen LogP contribution in [0.3, 0.4) is 0 Å². The number of aromatic nitrogens is 1. The summed E-state index contributed by atoms with van der Waals surface area (Å²) in [5.74, 6) is -0.475. The minimum absolute atomic E-state index is 0. The molecule has 0 radical (unpaired) electrons. The third-order valence-corrected chi connectivity index (χ3v) is 8.25. The SMILES string of the molecule is O=c1sc2ccc(O)cc2n1NC(c1ccco1)C(P(=O)([O-])O)P(=O)([O-])O.[Na+].[Na+]. The number of fused-ring (bicyclic) bond motifs is 1. The second kappa shape index (κ2) is 10.1. The minimum atomic E-state index is -5.66. The molecular formula is C13H12N2Na2O9P2S. The van der Waals surface area contributed by atoms with Crippen LogP contribution in [-0.4, -0.2) is 25.0 Å². The van der Waals surface area contributed by atoms with Gasteiger partial charge in [0, 0.05) is 6.07 Å². The van der Waals surface area contributed by atoms with Crippen LogP contribution in [0.5, 0.6) is 5.75 Å². The fraction of sp³-hybridized carbons (Fsp3) is 0.154. The Bertz CT molecular complexity index is 1100. The predicted molar refractivity (Wildman–Crippen MR) is 92.0 cm³/mol. The van der Waals surface area contributed by atoms with Gasteiger partial charge in [-0.3, -0.25) is 4.79 Å². The summed E-state index contributed by atoms with van der Waals surface area (Å²) in [5.41, 5.74) is 2.48. The summed E-state index contributed by atoms with van der Waals surface area (Å²) in [6, 6.07) is 4.62. The molecule has 0 aliphatic rings. The van der Waals surface area contributed by atoms with E-state index in [1.807, 2.05) is 0 Å². The second-order valence-corrected chi connectivity index (χ2v) is 10.3. The van der Waals surface area contributed by atoms with Crippen molar-refractivity contribution in [1.29, 1.82) is 0 Å². The molecule has 16 heteroatoms. The molecule has 3 unspecified atom stereocenters. The van der Waals surface area contributed by atoms with Crippen LogP contribution in [0.15, 0.2) is 45.8 Å². The zero-order valence-corrected chi connectivity index (χ0v) is 21.8. The molecule has 3 aromatic rings. The van der Waals surface area contributed by atoms with Crippen LogP contribution >= 0.6 is 26.5 Å². The molecule has 0 bridgehead atoms. The number of nitrogens with one attached hydrogen (secondary N) is 1. The zero-order valence-electron chi connectivity index (χ0n) is 15.2. The Labute approximate surface area is 211 Å². The number of thiazole rings is 1. The van der Waals surface area contributed by atoms with Crippen molar-refractivity contribution < 1.29 is 97.3 Å². The van der Waals surface area contributed by atoms with Gasteiger partial charge in [0.25, 0.3) is 0 Å². The molecule has 1 aromatic carbocycles. The summed E-state index contributed by atoms with van der Waals surface area (Å²) in [5, 5.41) is 6.90. The Morgan fingerprint density at radius 1 is 1.14 bits per heavy atom. The predicted octanol–water partition coefficient (Wildman–Crippen LogP) is -5.93. The van der Waals surface area contributed by atoms with E-state index in [2.05, 4.69) is 5.43 Å². The molecule has 3 atom stereocenters. The molecule has 2 aromatic heterocycles. The standard InChI is InChI=1S/C13H14N2O9P2S.2Na/c16-7-3-4-10-8(6-7)15(13(17)27-10)14-11(9-2-1-5-24-9)12(25(18,19)20)26(21,22)23;;/h1-6,11-12,14,16H,(H2,18,19,20)(H2,21,22,23);;/q;2*+1/p-2. The van der Waals surface area contributed by atoms with E-state index in [0.717, 1.165) is 22.3 Å². The van der Waals surface area contributed by atoms with Gasteiger partial charge in [-0.2, -0.15) is 0 Å². The maximum atomic E-state index is 12.3. The largest absolute Gasteiger partial charge is 1.00 e. The monoisotopic (exact) mass is 480 g/mol. The topological polar surface area (TPSA) is 188 Å². The van der Waals surface area contributed by atoms with Crippen LogP contribution in [0.4, 0.5) is 0 Å².